The van der Waals surface area contributed by atoms with E-state index in [4.69, 9.17) is 0 Å². The Morgan fingerprint density at radius 1 is 0.800 bits per heavy atom. The molecule has 2 aromatic rings. The van der Waals surface area contributed by atoms with Crippen molar-refractivity contribution in [3.8, 4) is 5.75 Å². The van der Waals surface area contributed by atoms with Gasteiger partial charge < -0.3 is 10.4 Å². The topological polar surface area (TPSA) is 104 Å². The number of amides is 1. The maximum Gasteiger partial charge on any atom is 0.295 e. The Morgan fingerprint density at radius 3 is 1.74 bits per heavy atom. The predicted octanol–water partition coefficient (Wildman–Crippen LogP) is 6.62. The van der Waals surface area contributed by atoms with Gasteiger partial charge >= 0.3 is 0 Å². The molecule has 3 N–H and O–H groups in total. The first-order chi connectivity index (χ1) is 16.4. The number of unbranched alkanes of at least 4 members (excludes halogenated alkanes) is 13. The second-order valence-corrected chi connectivity index (χ2v) is 10.5. The Morgan fingerprint density at radius 2 is 1.26 bits per heavy atom. The van der Waals surface area contributed by atoms with E-state index >= 15 is 0 Å². The standard InChI is InChI=1S/C27H41NO5S.Na/c1-2-3-4-5-6-7-8-9-10-11-12-13-14-17-20-28-27(30)24-21-25(34(31,32)33)22-18-15-16-19-23(22)26(24)29;/h15-16,18-19,21,29H,2-14,17,20H2,1H3,(H,28,30)(H,31,32,33);. The predicted molar refractivity (Wildman–Crippen MR) is 144 cm³/mol. The van der Waals surface area contributed by atoms with Crippen LogP contribution in [-0.2, 0) is 10.1 Å². The molecular formula is C27H41NNaO5S. The summed E-state index contributed by atoms with van der Waals surface area (Å²) < 4.78 is 33.1. The number of carbonyl (C=O) groups is 1. The minimum Gasteiger partial charge on any atom is -0.506 e. The molecule has 0 spiro atoms. The van der Waals surface area contributed by atoms with Crippen molar-refractivity contribution in [3.63, 3.8) is 0 Å². The fourth-order valence-electron chi connectivity index (χ4n) is 4.33. The Kier molecular flexibility index (Phi) is 15.8. The Labute approximate surface area is 233 Å². The number of phenols is 1. The van der Waals surface area contributed by atoms with Crippen LogP contribution in [0.1, 0.15) is 107 Å². The zero-order chi connectivity index (χ0) is 24.8. The Bertz CT molecular complexity index is 1010. The van der Waals surface area contributed by atoms with Crippen LogP contribution in [0.5, 0.6) is 5.75 Å². The second-order valence-electron chi connectivity index (χ2n) is 9.14. The van der Waals surface area contributed by atoms with Gasteiger partial charge in [0.05, 0.1) is 5.56 Å². The van der Waals surface area contributed by atoms with Gasteiger partial charge in [0.25, 0.3) is 16.0 Å². The number of hydrogen-bond donors (Lipinski definition) is 3. The summed E-state index contributed by atoms with van der Waals surface area (Å²) in [7, 11) is -4.54. The molecule has 1 amide bonds. The summed E-state index contributed by atoms with van der Waals surface area (Å²) in [6.07, 6.45) is 17.6. The van der Waals surface area contributed by atoms with Crippen molar-refractivity contribution >= 4 is 56.4 Å². The van der Waals surface area contributed by atoms with E-state index in [1.165, 1.54) is 82.8 Å². The number of benzene rings is 2. The van der Waals surface area contributed by atoms with E-state index in [1.54, 1.807) is 12.1 Å². The number of carbonyl (C=O) groups excluding carboxylic acids is 1. The van der Waals surface area contributed by atoms with Crippen molar-refractivity contribution in [1.29, 1.82) is 0 Å². The van der Waals surface area contributed by atoms with Crippen molar-refractivity contribution in [2.75, 3.05) is 6.54 Å². The van der Waals surface area contributed by atoms with Crippen LogP contribution in [-0.4, -0.2) is 60.1 Å². The molecule has 0 bridgehead atoms. The number of hydrogen-bond acceptors (Lipinski definition) is 4. The Hall–Kier alpha value is -1.12. The van der Waals surface area contributed by atoms with E-state index in [0.717, 1.165) is 25.3 Å². The van der Waals surface area contributed by atoms with E-state index in [9.17, 15) is 22.9 Å². The van der Waals surface area contributed by atoms with Gasteiger partial charge in [0.15, 0.2) is 0 Å². The number of nitrogens with one attached hydrogen (secondary N) is 1. The molecule has 35 heavy (non-hydrogen) atoms. The average Bonchev–Trinajstić information content (AvgIpc) is 2.81. The fraction of sp³-hybridized carbons (Fsp3) is 0.593. The van der Waals surface area contributed by atoms with Crippen molar-refractivity contribution in [2.24, 2.45) is 0 Å². The van der Waals surface area contributed by atoms with Gasteiger partial charge in [-0.1, -0.05) is 115 Å². The monoisotopic (exact) mass is 514 g/mol. The van der Waals surface area contributed by atoms with Crippen molar-refractivity contribution in [3.05, 3.63) is 35.9 Å². The molecule has 0 aliphatic rings. The first kappa shape index (κ1) is 31.9. The van der Waals surface area contributed by atoms with Crippen molar-refractivity contribution < 1.29 is 22.9 Å². The molecule has 0 saturated carbocycles. The minimum absolute atomic E-state index is 0. The number of phenolic OH excluding ortho intramolecular Hbond substituents is 1. The summed E-state index contributed by atoms with van der Waals surface area (Å²) in [5.74, 6) is -0.843. The minimum atomic E-state index is -4.54. The van der Waals surface area contributed by atoms with Gasteiger partial charge in [0, 0.05) is 46.9 Å². The number of rotatable bonds is 17. The van der Waals surface area contributed by atoms with Gasteiger partial charge in [0.1, 0.15) is 10.6 Å². The molecule has 0 fully saturated rings. The zero-order valence-electron chi connectivity index (χ0n) is 21.5. The molecule has 0 atom stereocenters. The summed E-state index contributed by atoms with van der Waals surface area (Å²) >= 11 is 0. The molecule has 0 saturated heterocycles. The molecule has 0 aliphatic heterocycles. The summed E-state index contributed by atoms with van der Waals surface area (Å²) in [6.45, 7) is 2.70. The van der Waals surface area contributed by atoms with Crippen LogP contribution in [0.15, 0.2) is 35.2 Å². The maximum atomic E-state index is 12.6. The maximum absolute atomic E-state index is 12.6. The normalized spacial score (nSPS) is 11.4. The van der Waals surface area contributed by atoms with Crippen LogP contribution in [0.3, 0.4) is 0 Å². The third-order valence-electron chi connectivity index (χ3n) is 6.32. The quantitative estimate of drug-likeness (QED) is 0.125. The first-order valence-electron chi connectivity index (χ1n) is 12.9. The molecule has 191 valence electrons. The third-order valence-corrected chi connectivity index (χ3v) is 7.21. The van der Waals surface area contributed by atoms with Gasteiger partial charge in [-0.15, -0.1) is 0 Å². The first-order valence-corrected chi connectivity index (χ1v) is 14.3. The molecule has 8 heteroatoms. The summed E-state index contributed by atoms with van der Waals surface area (Å²) in [6, 6.07) is 7.27. The van der Waals surface area contributed by atoms with Gasteiger partial charge in [-0.3, -0.25) is 9.35 Å². The Balaban J connectivity index is 0.00000612. The summed E-state index contributed by atoms with van der Waals surface area (Å²) in [4.78, 5) is 12.2. The smallest absolute Gasteiger partial charge is 0.295 e. The molecule has 6 nitrogen and oxygen atoms in total. The van der Waals surface area contributed by atoms with Crippen LogP contribution < -0.4 is 5.32 Å². The van der Waals surface area contributed by atoms with E-state index in [0.29, 0.717) is 6.54 Å². The van der Waals surface area contributed by atoms with Gasteiger partial charge in [-0.25, -0.2) is 0 Å². The van der Waals surface area contributed by atoms with Crippen LogP contribution in [0.4, 0.5) is 0 Å². The van der Waals surface area contributed by atoms with Crippen LogP contribution >= 0.6 is 0 Å². The molecular weight excluding hydrogens is 473 g/mol. The third kappa shape index (κ3) is 11.2. The fourth-order valence-corrected chi connectivity index (χ4v) is 5.05. The second kappa shape index (κ2) is 17.4. The number of fused-ring (bicyclic) bond motifs is 1. The van der Waals surface area contributed by atoms with Crippen molar-refractivity contribution in [2.45, 2.75) is 102 Å². The molecule has 0 heterocycles. The van der Waals surface area contributed by atoms with E-state index in [-0.39, 0.29) is 56.5 Å². The molecule has 0 aliphatic carbocycles. The van der Waals surface area contributed by atoms with Gasteiger partial charge in [-0.2, -0.15) is 8.42 Å². The van der Waals surface area contributed by atoms with Crippen LogP contribution in [0.25, 0.3) is 10.8 Å². The molecule has 2 aromatic carbocycles. The molecule has 0 unspecified atom stereocenters. The SMILES string of the molecule is CCCCCCCCCCCCCCCCNC(=O)c1cc(S(=O)(=O)O)c2ccccc2c1O.[Na]. The zero-order valence-corrected chi connectivity index (χ0v) is 24.3. The average molecular weight is 515 g/mol. The van der Waals surface area contributed by atoms with Crippen LogP contribution in [0.2, 0.25) is 0 Å². The van der Waals surface area contributed by atoms with E-state index < -0.39 is 16.0 Å². The van der Waals surface area contributed by atoms with Gasteiger partial charge in [0.2, 0.25) is 0 Å². The summed E-state index contributed by atoms with van der Waals surface area (Å²) in [5, 5.41) is 13.6. The summed E-state index contributed by atoms with van der Waals surface area (Å²) in [5.41, 5.74) is -0.156. The van der Waals surface area contributed by atoms with Gasteiger partial charge in [-0.05, 0) is 12.5 Å². The molecule has 1 radical (unpaired) electrons. The number of aromatic hydroxyl groups is 1. The van der Waals surface area contributed by atoms with E-state index in [1.807, 2.05) is 0 Å². The van der Waals surface area contributed by atoms with Crippen LogP contribution in [0, 0.1) is 0 Å². The van der Waals surface area contributed by atoms with Crippen molar-refractivity contribution in [1.82, 2.24) is 5.32 Å². The molecule has 0 aromatic heterocycles. The largest absolute Gasteiger partial charge is 0.506 e. The molecule has 2 rings (SSSR count). The van der Waals surface area contributed by atoms with E-state index in [2.05, 4.69) is 12.2 Å².